The first-order chi connectivity index (χ1) is 10.2. The quantitative estimate of drug-likeness (QED) is 0.868. The van der Waals surface area contributed by atoms with Crippen molar-refractivity contribution < 1.29 is 4.79 Å². The van der Waals surface area contributed by atoms with Crippen molar-refractivity contribution in [3.05, 3.63) is 58.6 Å². The van der Waals surface area contributed by atoms with Crippen LogP contribution in [0.1, 0.15) is 12.0 Å². The molecule has 2 aromatic carbocycles. The van der Waals surface area contributed by atoms with E-state index in [9.17, 15) is 4.79 Å². The molecule has 106 valence electrons. The van der Waals surface area contributed by atoms with Crippen molar-refractivity contribution in [2.45, 2.75) is 6.42 Å². The van der Waals surface area contributed by atoms with Crippen molar-refractivity contribution >= 4 is 33.2 Å². The van der Waals surface area contributed by atoms with Crippen LogP contribution in [0.15, 0.2) is 53.0 Å². The Morgan fingerprint density at radius 2 is 1.90 bits per heavy atom. The fourth-order valence-electron chi connectivity index (χ4n) is 1.77. The monoisotopic (exact) mass is 343 g/mol. The SMILES string of the molecule is N#Cc1ccc(NC(=O)CCNc2cccc(Br)c2)cc1. The maximum Gasteiger partial charge on any atom is 0.226 e. The van der Waals surface area contributed by atoms with Gasteiger partial charge in [-0.2, -0.15) is 5.26 Å². The first-order valence-electron chi connectivity index (χ1n) is 6.47. The molecule has 0 aliphatic heterocycles. The number of halogens is 1. The Balaban J connectivity index is 1.78. The van der Waals surface area contributed by atoms with Crippen molar-refractivity contribution in [2.75, 3.05) is 17.2 Å². The highest BCUT2D eigenvalue weighted by Crippen LogP contribution is 2.15. The van der Waals surface area contributed by atoms with Crippen LogP contribution in [-0.2, 0) is 4.79 Å². The lowest BCUT2D eigenvalue weighted by atomic mass is 10.2. The number of nitriles is 1. The summed E-state index contributed by atoms with van der Waals surface area (Å²) in [7, 11) is 0. The molecule has 4 nitrogen and oxygen atoms in total. The molecule has 0 saturated heterocycles. The summed E-state index contributed by atoms with van der Waals surface area (Å²) in [5.74, 6) is -0.0674. The molecule has 5 heteroatoms. The number of benzene rings is 2. The van der Waals surface area contributed by atoms with E-state index in [-0.39, 0.29) is 5.91 Å². The van der Waals surface area contributed by atoms with Crippen LogP contribution in [0.5, 0.6) is 0 Å². The summed E-state index contributed by atoms with van der Waals surface area (Å²) in [4.78, 5) is 11.8. The predicted octanol–water partition coefficient (Wildman–Crippen LogP) is 3.76. The lowest BCUT2D eigenvalue weighted by Gasteiger charge is -2.08. The molecule has 2 aromatic rings. The molecule has 0 unspecified atom stereocenters. The van der Waals surface area contributed by atoms with E-state index in [2.05, 4.69) is 26.6 Å². The number of anilines is 2. The first-order valence-corrected chi connectivity index (χ1v) is 7.26. The van der Waals surface area contributed by atoms with Gasteiger partial charge in [-0.05, 0) is 42.5 Å². The zero-order chi connectivity index (χ0) is 15.1. The molecule has 0 radical (unpaired) electrons. The van der Waals surface area contributed by atoms with Crippen LogP contribution >= 0.6 is 15.9 Å². The molecular weight excluding hydrogens is 330 g/mol. The third-order valence-electron chi connectivity index (χ3n) is 2.80. The average Bonchev–Trinajstić information content (AvgIpc) is 2.48. The molecule has 0 atom stereocenters. The van der Waals surface area contributed by atoms with Crippen LogP contribution in [0.25, 0.3) is 0 Å². The second-order valence-corrected chi connectivity index (χ2v) is 5.34. The molecule has 2 N–H and O–H groups in total. The molecule has 0 aliphatic rings. The minimum Gasteiger partial charge on any atom is -0.384 e. The molecule has 0 aromatic heterocycles. The Labute approximate surface area is 131 Å². The summed E-state index contributed by atoms with van der Waals surface area (Å²) in [6.07, 6.45) is 0.368. The Kier molecular flexibility index (Phi) is 5.35. The van der Waals surface area contributed by atoms with Crippen LogP contribution in [0.2, 0.25) is 0 Å². The second-order valence-electron chi connectivity index (χ2n) is 4.42. The zero-order valence-electron chi connectivity index (χ0n) is 11.3. The maximum atomic E-state index is 11.8. The third-order valence-corrected chi connectivity index (χ3v) is 3.30. The van der Waals surface area contributed by atoms with Crippen LogP contribution in [-0.4, -0.2) is 12.5 Å². The average molecular weight is 344 g/mol. The molecule has 0 fully saturated rings. The van der Waals surface area contributed by atoms with E-state index in [4.69, 9.17) is 5.26 Å². The van der Waals surface area contributed by atoms with Gasteiger partial charge in [0.15, 0.2) is 0 Å². The number of rotatable bonds is 5. The topological polar surface area (TPSA) is 64.9 Å². The van der Waals surface area contributed by atoms with Gasteiger partial charge in [-0.15, -0.1) is 0 Å². The fourth-order valence-corrected chi connectivity index (χ4v) is 2.17. The fraction of sp³-hybridized carbons (Fsp3) is 0.125. The molecule has 1 amide bonds. The molecule has 2 rings (SSSR count). The highest BCUT2D eigenvalue weighted by Gasteiger charge is 2.02. The van der Waals surface area contributed by atoms with Crippen molar-refractivity contribution in [1.29, 1.82) is 5.26 Å². The molecule has 0 bridgehead atoms. The second kappa shape index (κ2) is 7.46. The van der Waals surface area contributed by atoms with Crippen molar-refractivity contribution in [3.8, 4) is 6.07 Å². The minimum absolute atomic E-state index is 0.0674. The van der Waals surface area contributed by atoms with E-state index in [1.165, 1.54) is 0 Å². The minimum atomic E-state index is -0.0674. The van der Waals surface area contributed by atoms with E-state index >= 15 is 0 Å². The number of nitrogens with zero attached hydrogens (tertiary/aromatic N) is 1. The predicted molar refractivity (Wildman–Crippen MR) is 87.0 cm³/mol. The maximum absolute atomic E-state index is 11.8. The van der Waals surface area contributed by atoms with Crippen LogP contribution < -0.4 is 10.6 Å². The summed E-state index contributed by atoms with van der Waals surface area (Å²) in [6.45, 7) is 0.554. The number of hydrogen-bond acceptors (Lipinski definition) is 3. The smallest absolute Gasteiger partial charge is 0.226 e. The Hall–Kier alpha value is -2.32. The van der Waals surface area contributed by atoms with Crippen LogP contribution in [0.4, 0.5) is 11.4 Å². The molecule has 21 heavy (non-hydrogen) atoms. The summed E-state index contributed by atoms with van der Waals surface area (Å²) in [5.41, 5.74) is 2.24. The number of nitrogens with one attached hydrogen (secondary N) is 2. The Bertz CT molecular complexity index is 662. The zero-order valence-corrected chi connectivity index (χ0v) is 12.9. The summed E-state index contributed by atoms with van der Waals surface area (Å²) in [6, 6.07) is 16.6. The van der Waals surface area contributed by atoms with Crippen LogP contribution in [0.3, 0.4) is 0 Å². The highest BCUT2D eigenvalue weighted by atomic mass is 79.9. The Morgan fingerprint density at radius 1 is 1.14 bits per heavy atom. The lowest BCUT2D eigenvalue weighted by Crippen LogP contribution is -2.16. The largest absolute Gasteiger partial charge is 0.384 e. The van der Waals surface area contributed by atoms with Gasteiger partial charge in [0.25, 0.3) is 0 Å². The summed E-state index contributed by atoms with van der Waals surface area (Å²) in [5, 5.41) is 14.7. The number of carbonyl (C=O) groups is 1. The highest BCUT2D eigenvalue weighted by molar-refractivity contribution is 9.10. The van der Waals surface area contributed by atoms with Crippen LogP contribution in [0, 0.1) is 11.3 Å². The van der Waals surface area contributed by atoms with Gasteiger partial charge >= 0.3 is 0 Å². The van der Waals surface area contributed by atoms with Gasteiger partial charge in [-0.3, -0.25) is 4.79 Å². The van der Waals surface area contributed by atoms with Gasteiger partial charge in [-0.25, -0.2) is 0 Å². The van der Waals surface area contributed by atoms with E-state index in [0.29, 0.717) is 24.2 Å². The lowest BCUT2D eigenvalue weighted by molar-refractivity contribution is -0.115. The van der Waals surface area contributed by atoms with Gasteiger partial charge < -0.3 is 10.6 Å². The third kappa shape index (κ3) is 4.93. The van der Waals surface area contributed by atoms with E-state index < -0.39 is 0 Å². The van der Waals surface area contributed by atoms with Crippen molar-refractivity contribution in [1.82, 2.24) is 0 Å². The van der Waals surface area contributed by atoms with Gasteiger partial charge in [0, 0.05) is 28.8 Å². The molecule has 0 saturated carbocycles. The summed E-state index contributed by atoms with van der Waals surface area (Å²) >= 11 is 3.40. The number of carbonyl (C=O) groups excluding carboxylic acids is 1. The van der Waals surface area contributed by atoms with E-state index in [0.717, 1.165) is 10.2 Å². The molecule has 0 heterocycles. The molecular formula is C16H14BrN3O. The standard InChI is InChI=1S/C16H14BrN3O/c17-13-2-1-3-15(10-13)19-9-8-16(21)20-14-6-4-12(11-18)5-7-14/h1-7,10,19H,8-9H2,(H,20,21). The number of amides is 1. The first kappa shape index (κ1) is 15.1. The van der Waals surface area contributed by atoms with Gasteiger partial charge in [-0.1, -0.05) is 22.0 Å². The van der Waals surface area contributed by atoms with Crippen molar-refractivity contribution in [2.24, 2.45) is 0 Å². The van der Waals surface area contributed by atoms with E-state index in [1.54, 1.807) is 24.3 Å². The Morgan fingerprint density at radius 3 is 2.57 bits per heavy atom. The van der Waals surface area contributed by atoms with Gasteiger partial charge in [0.1, 0.15) is 0 Å². The number of hydrogen-bond donors (Lipinski definition) is 2. The summed E-state index contributed by atoms with van der Waals surface area (Å²) < 4.78 is 0.995. The van der Waals surface area contributed by atoms with E-state index in [1.807, 2.05) is 30.3 Å². The van der Waals surface area contributed by atoms with Crippen molar-refractivity contribution in [3.63, 3.8) is 0 Å². The normalized spacial score (nSPS) is 9.71. The molecule has 0 aliphatic carbocycles. The molecule has 0 spiro atoms. The van der Waals surface area contributed by atoms with Gasteiger partial charge in [0.2, 0.25) is 5.91 Å². The van der Waals surface area contributed by atoms with Gasteiger partial charge in [0.05, 0.1) is 11.6 Å².